The van der Waals surface area contributed by atoms with E-state index in [1.165, 1.54) is 22.9 Å². The number of amides is 3. The number of hydrazone groups is 1. The minimum Gasteiger partial charge on any atom is -0.335 e. The molecule has 170 valence electrons. The van der Waals surface area contributed by atoms with Crippen LogP contribution in [-0.4, -0.2) is 52.2 Å². The van der Waals surface area contributed by atoms with Gasteiger partial charge in [0.15, 0.2) is 0 Å². The molecule has 1 N–H and O–H groups in total. The van der Waals surface area contributed by atoms with Crippen molar-refractivity contribution in [3.63, 3.8) is 0 Å². The minimum atomic E-state index is -4.53. The third-order valence-electron chi connectivity index (χ3n) is 5.35. The summed E-state index contributed by atoms with van der Waals surface area (Å²) in [6.07, 6.45) is -3.44. The molecule has 1 aromatic heterocycles. The number of carbonyl (C=O) groups is 2. The lowest BCUT2D eigenvalue weighted by atomic mass is 10.0. The summed E-state index contributed by atoms with van der Waals surface area (Å²) in [6.45, 7) is 5.19. The van der Waals surface area contributed by atoms with E-state index in [-0.39, 0.29) is 12.5 Å². The highest BCUT2D eigenvalue weighted by Crippen LogP contribution is 2.28. The first-order chi connectivity index (χ1) is 15.0. The zero-order valence-electron chi connectivity index (χ0n) is 18.1. The normalized spacial score (nSPS) is 17.0. The van der Waals surface area contributed by atoms with Gasteiger partial charge in [0.2, 0.25) is 5.91 Å². The second kappa shape index (κ2) is 8.97. The van der Waals surface area contributed by atoms with Crippen LogP contribution >= 0.6 is 0 Å². The Hall–Kier alpha value is -3.43. The molecule has 2 heterocycles. The third kappa shape index (κ3) is 5.06. The highest BCUT2D eigenvalue weighted by atomic mass is 19.4. The molecule has 1 unspecified atom stereocenters. The topological polar surface area (TPSA) is 77.9 Å². The van der Waals surface area contributed by atoms with Crippen molar-refractivity contribution in [2.45, 2.75) is 39.0 Å². The van der Waals surface area contributed by atoms with E-state index >= 15 is 0 Å². The van der Waals surface area contributed by atoms with Crippen LogP contribution in [0.4, 0.5) is 18.0 Å². The van der Waals surface area contributed by atoms with Crippen molar-refractivity contribution in [2.75, 3.05) is 13.6 Å². The van der Waals surface area contributed by atoms with Crippen molar-refractivity contribution in [2.24, 2.45) is 5.10 Å². The minimum absolute atomic E-state index is 0.156. The van der Waals surface area contributed by atoms with Crippen LogP contribution in [0.2, 0.25) is 0 Å². The van der Waals surface area contributed by atoms with Gasteiger partial charge in [-0.15, -0.1) is 0 Å². The maximum absolute atomic E-state index is 12.8. The largest absolute Gasteiger partial charge is 0.433 e. The van der Waals surface area contributed by atoms with Crippen LogP contribution in [0.25, 0.3) is 0 Å². The van der Waals surface area contributed by atoms with Crippen LogP contribution in [0.5, 0.6) is 0 Å². The monoisotopic (exact) mass is 447 g/mol. The van der Waals surface area contributed by atoms with Gasteiger partial charge < -0.3 is 10.2 Å². The summed E-state index contributed by atoms with van der Waals surface area (Å²) in [6, 6.07) is 8.21. The molecule has 2 aromatic rings. The molecule has 1 aromatic carbocycles. The van der Waals surface area contributed by atoms with Gasteiger partial charge in [0.1, 0.15) is 5.69 Å². The molecule has 1 aliphatic rings. The lowest BCUT2D eigenvalue weighted by molar-refractivity contribution is -0.141. The van der Waals surface area contributed by atoms with E-state index in [0.29, 0.717) is 11.3 Å². The number of benzene rings is 1. The van der Waals surface area contributed by atoms with Crippen molar-refractivity contribution < 1.29 is 22.8 Å². The zero-order chi connectivity index (χ0) is 23.6. The SMILES string of the molecule is CC(=O)N(C)C1CN(C(=O)N[C@@H](C)c2ccc(C(F)(F)F)nc2)N=C1c1ccc(C)cc1. The van der Waals surface area contributed by atoms with Gasteiger partial charge in [-0.1, -0.05) is 35.9 Å². The molecule has 32 heavy (non-hydrogen) atoms. The molecule has 0 saturated heterocycles. The first-order valence-corrected chi connectivity index (χ1v) is 9.97. The van der Waals surface area contributed by atoms with Gasteiger partial charge >= 0.3 is 12.2 Å². The summed E-state index contributed by atoms with van der Waals surface area (Å²) >= 11 is 0. The van der Waals surface area contributed by atoms with Crippen LogP contribution < -0.4 is 5.32 Å². The van der Waals surface area contributed by atoms with Gasteiger partial charge in [0.25, 0.3) is 0 Å². The highest BCUT2D eigenvalue weighted by Gasteiger charge is 2.35. The van der Waals surface area contributed by atoms with E-state index in [2.05, 4.69) is 15.4 Å². The number of alkyl halides is 3. The van der Waals surface area contributed by atoms with Gasteiger partial charge in [-0.25, -0.2) is 9.80 Å². The number of aromatic nitrogens is 1. The lowest BCUT2D eigenvalue weighted by Crippen LogP contribution is -2.45. The number of hydrogen-bond acceptors (Lipinski definition) is 4. The van der Waals surface area contributed by atoms with Crippen LogP contribution in [0, 0.1) is 6.92 Å². The van der Waals surface area contributed by atoms with E-state index in [0.717, 1.165) is 23.4 Å². The van der Waals surface area contributed by atoms with Gasteiger partial charge in [0, 0.05) is 20.2 Å². The number of nitrogens with zero attached hydrogens (tertiary/aromatic N) is 4. The molecule has 7 nitrogen and oxygen atoms in total. The number of nitrogens with one attached hydrogen (secondary N) is 1. The van der Waals surface area contributed by atoms with Crippen LogP contribution in [0.15, 0.2) is 47.7 Å². The molecule has 2 atom stereocenters. The number of likely N-dealkylation sites (N-methyl/N-ethyl adjacent to an activating group) is 1. The van der Waals surface area contributed by atoms with Crippen molar-refractivity contribution in [3.05, 3.63) is 65.0 Å². The molecule has 0 saturated carbocycles. The van der Waals surface area contributed by atoms with E-state index in [1.807, 2.05) is 31.2 Å². The Labute approximate surface area is 183 Å². The van der Waals surface area contributed by atoms with E-state index < -0.39 is 30.0 Å². The quantitative estimate of drug-likeness (QED) is 0.776. The molecule has 3 rings (SSSR count). The lowest BCUT2D eigenvalue weighted by Gasteiger charge is -2.25. The molecule has 0 radical (unpaired) electrons. The summed E-state index contributed by atoms with van der Waals surface area (Å²) in [7, 11) is 1.65. The maximum Gasteiger partial charge on any atom is 0.433 e. The maximum atomic E-state index is 12.8. The standard InChI is InChI=1S/C22H24F3N5O2/c1-13-5-7-16(8-6-13)20-18(29(4)15(3)31)12-30(28-20)21(32)27-14(2)17-9-10-19(26-11-17)22(23,24)25/h5-11,14,18H,12H2,1-4H3,(H,27,32)/t14-,18?/m0/s1. The van der Waals surface area contributed by atoms with E-state index in [1.54, 1.807) is 14.0 Å². The summed E-state index contributed by atoms with van der Waals surface area (Å²) in [5.41, 5.74) is 1.87. The predicted molar refractivity (Wildman–Crippen MR) is 113 cm³/mol. The van der Waals surface area contributed by atoms with Crippen LogP contribution in [-0.2, 0) is 11.0 Å². The number of urea groups is 1. The Kier molecular flexibility index (Phi) is 6.52. The average molecular weight is 447 g/mol. The Bertz CT molecular complexity index is 1020. The van der Waals surface area contributed by atoms with Crippen LogP contribution in [0.3, 0.4) is 0 Å². The number of carbonyl (C=O) groups excluding carboxylic acids is 2. The molecular formula is C22H24F3N5O2. The predicted octanol–water partition coefficient (Wildman–Crippen LogP) is 3.75. The number of pyridine rings is 1. The average Bonchev–Trinajstić information content (AvgIpc) is 3.18. The molecule has 0 bridgehead atoms. The third-order valence-corrected chi connectivity index (χ3v) is 5.35. The number of aryl methyl sites for hydroxylation is 1. The molecule has 3 amide bonds. The number of hydrogen-bond donors (Lipinski definition) is 1. The summed E-state index contributed by atoms with van der Waals surface area (Å²) in [4.78, 5) is 29.7. The molecule has 0 spiro atoms. The Morgan fingerprint density at radius 2 is 1.84 bits per heavy atom. The molecule has 1 aliphatic heterocycles. The zero-order valence-corrected chi connectivity index (χ0v) is 18.1. The Balaban J connectivity index is 1.78. The second-order valence-electron chi connectivity index (χ2n) is 7.72. The Morgan fingerprint density at radius 3 is 2.38 bits per heavy atom. The van der Waals surface area contributed by atoms with Crippen molar-refractivity contribution in [1.82, 2.24) is 20.2 Å². The summed E-state index contributed by atoms with van der Waals surface area (Å²) in [5, 5.41) is 8.40. The smallest absolute Gasteiger partial charge is 0.335 e. The summed E-state index contributed by atoms with van der Waals surface area (Å²) < 4.78 is 38.1. The number of halogens is 3. The van der Waals surface area contributed by atoms with Crippen molar-refractivity contribution in [1.29, 1.82) is 0 Å². The second-order valence-corrected chi connectivity index (χ2v) is 7.72. The fraction of sp³-hybridized carbons (Fsp3) is 0.364. The first kappa shape index (κ1) is 23.2. The Morgan fingerprint density at radius 1 is 1.19 bits per heavy atom. The molecule has 0 fully saturated rings. The van der Waals surface area contributed by atoms with E-state index in [9.17, 15) is 22.8 Å². The van der Waals surface area contributed by atoms with Gasteiger partial charge in [-0.05, 0) is 31.0 Å². The van der Waals surface area contributed by atoms with Gasteiger partial charge in [-0.3, -0.25) is 9.78 Å². The van der Waals surface area contributed by atoms with Gasteiger partial charge in [-0.2, -0.15) is 18.3 Å². The highest BCUT2D eigenvalue weighted by molar-refractivity contribution is 6.07. The fourth-order valence-electron chi connectivity index (χ4n) is 3.29. The molecular weight excluding hydrogens is 423 g/mol. The van der Waals surface area contributed by atoms with Gasteiger partial charge in [0.05, 0.1) is 24.3 Å². The van der Waals surface area contributed by atoms with E-state index in [4.69, 9.17) is 0 Å². The first-order valence-electron chi connectivity index (χ1n) is 9.97. The fourth-order valence-corrected chi connectivity index (χ4v) is 3.29. The number of rotatable bonds is 4. The van der Waals surface area contributed by atoms with Crippen LogP contribution in [0.1, 0.15) is 42.3 Å². The molecule has 10 heteroatoms. The molecule has 0 aliphatic carbocycles. The van der Waals surface area contributed by atoms with Crippen molar-refractivity contribution in [3.8, 4) is 0 Å². The summed E-state index contributed by atoms with van der Waals surface area (Å²) in [5.74, 6) is -0.165. The van der Waals surface area contributed by atoms with Crippen molar-refractivity contribution >= 4 is 17.6 Å².